The second-order valence-corrected chi connectivity index (χ2v) is 6.42. The number of hydrogen-bond acceptors (Lipinski definition) is 3. The van der Waals surface area contributed by atoms with E-state index < -0.39 is 0 Å². The van der Waals surface area contributed by atoms with Crippen LogP contribution in [0.3, 0.4) is 0 Å². The summed E-state index contributed by atoms with van der Waals surface area (Å²) in [6.45, 7) is 10.6. The molecule has 1 amide bonds. The number of carbonyl (C=O) groups is 1. The molecule has 0 aliphatic carbocycles. The van der Waals surface area contributed by atoms with Gasteiger partial charge in [-0.1, -0.05) is 12.1 Å². The van der Waals surface area contributed by atoms with Crippen molar-refractivity contribution >= 4 is 11.9 Å². The average molecular weight is 385 g/mol. The highest BCUT2D eigenvalue weighted by atomic mass is 16.2. The van der Waals surface area contributed by atoms with Gasteiger partial charge in [-0.05, 0) is 51.0 Å². The van der Waals surface area contributed by atoms with E-state index in [0.717, 1.165) is 56.2 Å². The Bertz CT molecular complexity index is 720. The SMILES string of the molecule is CCNC(=NCc1ccc(C(=O)N(CC)CC)cc1)NCCCn1cccn1. The van der Waals surface area contributed by atoms with Crippen molar-refractivity contribution in [3.05, 3.63) is 53.9 Å². The molecular weight excluding hydrogens is 352 g/mol. The van der Waals surface area contributed by atoms with Gasteiger partial charge < -0.3 is 15.5 Å². The van der Waals surface area contributed by atoms with Gasteiger partial charge in [0.1, 0.15) is 0 Å². The Morgan fingerprint density at radius 3 is 2.50 bits per heavy atom. The van der Waals surface area contributed by atoms with Crippen molar-refractivity contribution in [2.45, 2.75) is 40.3 Å². The van der Waals surface area contributed by atoms with E-state index in [0.29, 0.717) is 6.54 Å². The Labute approximate surface area is 167 Å². The number of amides is 1. The summed E-state index contributed by atoms with van der Waals surface area (Å²) in [5, 5.41) is 10.8. The Kier molecular flexibility index (Phi) is 9.04. The average Bonchev–Trinajstić information content (AvgIpc) is 3.24. The highest BCUT2D eigenvalue weighted by Gasteiger charge is 2.11. The predicted molar refractivity (Wildman–Crippen MR) is 113 cm³/mol. The molecule has 0 radical (unpaired) electrons. The van der Waals surface area contributed by atoms with E-state index in [2.05, 4.69) is 27.6 Å². The van der Waals surface area contributed by atoms with Gasteiger partial charge in [0.2, 0.25) is 0 Å². The summed E-state index contributed by atoms with van der Waals surface area (Å²) >= 11 is 0. The van der Waals surface area contributed by atoms with Crippen molar-refractivity contribution in [3.63, 3.8) is 0 Å². The number of carbonyl (C=O) groups excluding carboxylic acids is 1. The topological polar surface area (TPSA) is 74.6 Å². The molecule has 0 atom stereocenters. The zero-order chi connectivity index (χ0) is 20.2. The Morgan fingerprint density at radius 2 is 1.89 bits per heavy atom. The van der Waals surface area contributed by atoms with E-state index in [1.807, 2.05) is 60.0 Å². The Hall–Kier alpha value is -2.83. The number of hydrogen-bond donors (Lipinski definition) is 2. The maximum atomic E-state index is 12.4. The molecule has 1 aromatic carbocycles. The van der Waals surface area contributed by atoms with Gasteiger partial charge in [0.25, 0.3) is 5.91 Å². The first-order valence-corrected chi connectivity index (χ1v) is 10.1. The van der Waals surface area contributed by atoms with Gasteiger partial charge in [0.15, 0.2) is 5.96 Å². The van der Waals surface area contributed by atoms with Gasteiger partial charge in [0, 0.05) is 50.7 Å². The van der Waals surface area contributed by atoms with Crippen LogP contribution in [0, 0.1) is 0 Å². The smallest absolute Gasteiger partial charge is 0.253 e. The van der Waals surface area contributed by atoms with E-state index in [1.54, 1.807) is 6.20 Å². The normalized spacial score (nSPS) is 11.3. The number of nitrogens with one attached hydrogen (secondary N) is 2. The highest BCUT2D eigenvalue weighted by molar-refractivity contribution is 5.94. The molecule has 0 bridgehead atoms. The van der Waals surface area contributed by atoms with Crippen molar-refractivity contribution in [2.24, 2.45) is 4.99 Å². The fraction of sp³-hybridized carbons (Fsp3) is 0.476. The number of aliphatic imine (C=N–C) groups is 1. The van der Waals surface area contributed by atoms with Crippen molar-refractivity contribution in [1.29, 1.82) is 0 Å². The Morgan fingerprint density at radius 1 is 1.14 bits per heavy atom. The number of nitrogens with zero attached hydrogens (tertiary/aromatic N) is 4. The number of aryl methyl sites for hydroxylation is 1. The molecule has 1 heterocycles. The third kappa shape index (κ3) is 6.72. The third-order valence-corrected chi connectivity index (χ3v) is 4.43. The molecule has 2 rings (SSSR count). The minimum Gasteiger partial charge on any atom is -0.357 e. The standard InChI is InChI=1S/C21H32N6O/c1-4-22-21(23-13-7-15-27-16-8-14-25-27)24-17-18-9-11-19(12-10-18)20(28)26(5-2)6-3/h8-12,14,16H,4-7,13,15,17H2,1-3H3,(H2,22,23,24). The lowest BCUT2D eigenvalue weighted by Gasteiger charge is -2.18. The number of benzene rings is 1. The van der Waals surface area contributed by atoms with Crippen LogP contribution in [0.25, 0.3) is 0 Å². The van der Waals surface area contributed by atoms with Crippen molar-refractivity contribution in [2.75, 3.05) is 26.2 Å². The molecule has 2 aromatic rings. The monoisotopic (exact) mass is 384 g/mol. The molecular formula is C21H32N6O. The van der Waals surface area contributed by atoms with Crippen LogP contribution in [-0.4, -0.2) is 52.7 Å². The first kappa shape index (κ1) is 21.5. The zero-order valence-electron chi connectivity index (χ0n) is 17.2. The van der Waals surface area contributed by atoms with Gasteiger partial charge in [-0.2, -0.15) is 5.10 Å². The molecule has 152 valence electrons. The zero-order valence-corrected chi connectivity index (χ0v) is 17.2. The van der Waals surface area contributed by atoms with Crippen LogP contribution >= 0.6 is 0 Å². The quantitative estimate of drug-likeness (QED) is 0.375. The molecule has 0 unspecified atom stereocenters. The molecule has 28 heavy (non-hydrogen) atoms. The number of rotatable bonds is 10. The lowest BCUT2D eigenvalue weighted by Crippen LogP contribution is -2.38. The number of guanidine groups is 1. The van der Waals surface area contributed by atoms with Gasteiger partial charge in [-0.25, -0.2) is 4.99 Å². The molecule has 0 saturated heterocycles. The van der Waals surface area contributed by atoms with Crippen molar-refractivity contribution < 1.29 is 4.79 Å². The lowest BCUT2D eigenvalue weighted by atomic mass is 10.1. The molecule has 7 heteroatoms. The van der Waals surface area contributed by atoms with Gasteiger partial charge >= 0.3 is 0 Å². The maximum absolute atomic E-state index is 12.4. The van der Waals surface area contributed by atoms with Crippen LogP contribution in [0.15, 0.2) is 47.7 Å². The summed E-state index contributed by atoms with van der Waals surface area (Å²) < 4.78 is 1.92. The fourth-order valence-corrected chi connectivity index (χ4v) is 2.84. The van der Waals surface area contributed by atoms with Gasteiger partial charge in [-0.15, -0.1) is 0 Å². The largest absolute Gasteiger partial charge is 0.357 e. The fourth-order valence-electron chi connectivity index (χ4n) is 2.84. The summed E-state index contributed by atoms with van der Waals surface area (Å²) in [5.41, 5.74) is 1.80. The molecule has 0 aliphatic heterocycles. The predicted octanol–water partition coefficient (Wildman–Crippen LogP) is 2.51. The molecule has 0 spiro atoms. The maximum Gasteiger partial charge on any atom is 0.253 e. The molecule has 1 aromatic heterocycles. The van der Waals surface area contributed by atoms with E-state index in [1.165, 1.54) is 0 Å². The summed E-state index contributed by atoms with van der Waals surface area (Å²) in [4.78, 5) is 18.8. The number of aromatic nitrogens is 2. The summed E-state index contributed by atoms with van der Waals surface area (Å²) in [6.07, 6.45) is 4.72. The first-order chi connectivity index (χ1) is 13.7. The second-order valence-electron chi connectivity index (χ2n) is 6.42. The molecule has 0 saturated carbocycles. The van der Waals surface area contributed by atoms with Crippen LogP contribution in [0.2, 0.25) is 0 Å². The summed E-state index contributed by atoms with van der Waals surface area (Å²) in [5.74, 6) is 0.874. The molecule has 2 N–H and O–H groups in total. The summed E-state index contributed by atoms with van der Waals surface area (Å²) in [7, 11) is 0. The second kappa shape index (κ2) is 11.8. The summed E-state index contributed by atoms with van der Waals surface area (Å²) in [6, 6.07) is 9.65. The van der Waals surface area contributed by atoms with Gasteiger partial charge in [0.05, 0.1) is 6.54 Å². The van der Waals surface area contributed by atoms with Crippen LogP contribution in [0.4, 0.5) is 0 Å². The minimum atomic E-state index is 0.0761. The van der Waals surface area contributed by atoms with Crippen LogP contribution < -0.4 is 10.6 Å². The first-order valence-electron chi connectivity index (χ1n) is 10.1. The van der Waals surface area contributed by atoms with Crippen molar-refractivity contribution in [3.8, 4) is 0 Å². The van der Waals surface area contributed by atoms with Crippen molar-refractivity contribution in [1.82, 2.24) is 25.3 Å². The molecule has 0 aliphatic rings. The molecule has 0 fully saturated rings. The van der Waals surface area contributed by atoms with E-state index >= 15 is 0 Å². The van der Waals surface area contributed by atoms with E-state index in [-0.39, 0.29) is 5.91 Å². The van der Waals surface area contributed by atoms with Crippen LogP contribution in [0.1, 0.15) is 43.1 Å². The Balaban J connectivity index is 1.86. The van der Waals surface area contributed by atoms with E-state index in [9.17, 15) is 4.79 Å². The highest BCUT2D eigenvalue weighted by Crippen LogP contribution is 2.09. The van der Waals surface area contributed by atoms with Crippen LogP contribution in [-0.2, 0) is 13.1 Å². The van der Waals surface area contributed by atoms with Gasteiger partial charge in [-0.3, -0.25) is 9.48 Å². The lowest BCUT2D eigenvalue weighted by molar-refractivity contribution is 0.0773. The van der Waals surface area contributed by atoms with Crippen LogP contribution in [0.5, 0.6) is 0 Å². The van der Waals surface area contributed by atoms with E-state index in [4.69, 9.17) is 0 Å². The third-order valence-electron chi connectivity index (χ3n) is 4.43. The minimum absolute atomic E-state index is 0.0761. The molecule has 7 nitrogen and oxygen atoms in total.